The predicted molar refractivity (Wildman–Crippen MR) is 132 cm³/mol. The van der Waals surface area contributed by atoms with Gasteiger partial charge >= 0.3 is 11.9 Å². The fraction of sp³-hybridized carbons (Fsp3) is 0.214. The third-order valence-corrected chi connectivity index (χ3v) is 4.39. The quantitative estimate of drug-likeness (QED) is 0.154. The van der Waals surface area contributed by atoms with Crippen molar-refractivity contribution in [3.05, 3.63) is 97.5 Å². The summed E-state index contributed by atoms with van der Waals surface area (Å²) < 4.78 is 21.2. The van der Waals surface area contributed by atoms with Gasteiger partial charge in [-0.2, -0.15) is 0 Å². The second kappa shape index (κ2) is 14.2. The molecule has 0 heterocycles. The van der Waals surface area contributed by atoms with E-state index in [4.69, 9.17) is 18.9 Å². The maximum absolute atomic E-state index is 11.3. The Morgan fingerprint density at radius 3 is 1.35 bits per heavy atom. The molecule has 0 bridgehead atoms. The van der Waals surface area contributed by atoms with Crippen LogP contribution in [-0.2, 0) is 19.1 Å². The van der Waals surface area contributed by atoms with Crippen LogP contribution in [-0.4, -0.2) is 25.2 Å². The van der Waals surface area contributed by atoms with Gasteiger partial charge in [-0.05, 0) is 61.4 Å². The lowest BCUT2D eigenvalue weighted by Crippen LogP contribution is -2.00. The zero-order valence-electron chi connectivity index (χ0n) is 19.6. The average Bonchev–Trinajstić information content (AvgIpc) is 2.83. The molecule has 0 aliphatic carbocycles. The molecule has 0 saturated heterocycles. The molecule has 0 fully saturated rings. The summed E-state index contributed by atoms with van der Waals surface area (Å²) in [4.78, 5) is 22.5. The Kier molecular flexibility index (Phi) is 10.9. The van der Waals surface area contributed by atoms with E-state index in [0.717, 1.165) is 22.6 Å². The molecule has 0 atom stereocenters. The topological polar surface area (TPSA) is 71.1 Å². The van der Waals surface area contributed by atoms with Crippen LogP contribution in [0.25, 0.3) is 11.1 Å². The van der Waals surface area contributed by atoms with E-state index in [1.165, 1.54) is 12.5 Å². The maximum atomic E-state index is 11.3. The maximum Gasteiger partial charge on any atom is 0.337 e. The van der Waals surface area contributed by atoms with Crippen LogP contribution >= 0.6 is 0 Å². The van der Waals surface area contributed by atoms with E-state index in [1.54, 1.807) is 26.0 Å². The van der Waals surface area contributed by atoms with E-state index in [0.29, 0.717) is 37.2 Å². The highest BCUT2D eigenvalue weighted by Crippen LogP contribution is 2.24. The number of benzene rings is 2. The molecule has 0 saturated carbocycles. The molecule has 0 radical (unpaired) electrons. The summed E-state index contributed by atoms with van der Waals surface area (Å²) in [6, 6.07) is 15.6. The van der Waals surface area contributed by atoms with Crippen molar-refractivity contribution < 1.29 is 28.5 Å². The van der Waals surface area contributed by atoms with E-state index in [-0.39, 0.29) is 0 Å². The van der Waals surface area contributed by atoms with Gasteiger partial charge in [0.2, 0.25) is 0 Å². The molecule has 178 valence electrons. The molecule has 6 nitrogen and oxygen atoms in total. The van der Waals surface area contributed by atoms with Gasteiger partial charge in [-0.1, -0.05) is 37.4 Å². The van der Waals surface area contributed by atoms with Gasteiger partial charge < -0.3 is 18.9 Å². The highest BCUT2D eigenvalue weighted by molar-refractivity contribution is 5.87. The number of hydrogen-bond donors (Lipinski definition) is 0. The standard InChI is InChI=1S/C28H30O6/c1-21(2)27(29)33-19-7-5-17-31-25-13-9-23(10-14-25)24-11-15-26(16-12-24)32-18-6-8-20-34-28(30)22(3)4/h7-16,19-20H,1,3,5-6,17-18H2,2,4H3. The molecule has 0 aliphatic heterocycles. The second-order valence-corrected chi connectivity index (χ2v) is 7.44. The largest absolute Gasteiger partial charge is 0.493 e. The molecule has 6 heteroatoms. The normalized spacial score (nSPS) is 10.8. The number of ether oxygens (including phenoxy) is 4. The summed E-state index contributed by atoms with van der Waals surface area (Å²) in [6.07, 6.45) is 7.40. The van der Waals surface area contributed by atoms with Gasteiger partial charge in [0, 0.05) is 24.0 Å². The number of carbonyl (C=O) groups is 2. The molecule has 0 unspecified atom stereocenters. The molecule has 2 rings (SSSR count). The van der Waals surface area contributed by atoms with Crippen LogP contribution in [0.3, 0.4) is 0 Å². The molecule has 2 aromatic rings. The van der Waals surface area contributed by atoms with Crippen LogP contribution in [0.2, 0.25) is 0 Å². The third-order valence-electron chi connectivity index (χ3n) is 4.39. The first kappa shape index (κ1) is 26.2. The molecule has 0 aromatic heterocycles. The molecular weight excluding hydrogens is 432 g/mol. The van der Waals surface area contributed by atoms with E-state index in [2.05, 4.69) is 13.2 Å². The Bertz CT molecular complexity index is 944. The van der Waals surface area contributed by atoms with Crippen molar-refractivity contribution in [2.45, 2.75) is 26.7 Å². The minimum absolute atomic E-state index is 0.358. The van der Waals surface area contributed by atoms with Gasteiger partial charge in [0.15, 0.2) is 0 Å². The van der Waals surface area contributed by atoms with Crippen LogP contribution < -0.4 is 9.47 Å². The minimum Gasteiger partial charge on any atom is -0.493 e. The molecule has 2 aromatic carbocycles. The van der Waals surface area contributed by atoms with Crippen LogP contribution in [0.4, 0.5) is 0 Å². The zero-order valence-corrected chi connectivity index (χ0v) is 19.6. The van der Waals surface area contributed by atoms with E-state index >= 15 is 0 Å². The van der Waals surface area contributed by atoms with Crippen LogP contribution in [0.1, 0.15) is 26.7 Å². The van der Waals surface area contributed by atoms with Crippen molar-refractivity contribution >= 4 is 11.9 Å². The number of rotatable bonds is 13. The smallest absolute Gasteiger partial charge is 0.337 e. The Morgan fingerprint density at radius 2 is 1.03 bits per heavy atom. The number of esters is 2. The van der Waals surface area contributed by atoms with Gasteiger partial charge in [-0.3, -0.25) is 0 Å². The fourth-order valence-corrected chi connectivity index (χ4v) is 2.53. The van der Waals surface area contributed by atoms with Crippen molar-refractivity contribution in [1.82, 2.24) is 0 Å². The van der Waals surface area contributed by atoms with Crippen molar-refractivity contribution in [1.29, 1.82) is 0 Å². The molecule has 0 N–H and O–H groups in total. The molecular formula is C28H30O6. The van der Waals surface area contributed by atoms with E-state index < -0.39 is 11.9 Å². The number of hydrogen-bond acceptors (Lipinski definition) is 6. The summed E-state index contributed by atoms with van der Waals surface area (Å²) in [6.45, 7) is 11.2. The van der Waals surface area contributed by atoms with E-state index in [1.807, 2.05) is 48.5 Å². The monoisotopic (exact) mass is 462 g/mol. The Balaban J connectivity index is 1.72. The lowest BCUT2D eigenvalue weighted by Gasteiger charge is -2.08. The lowest BCUT2D eigenvalue weighted by molar-refractivity contribution is -0.134. The molecule has 0 aliphatic rings. The first-order valence-corrected chi connectivity index (χ1v) is 10.9. The van der Waals surface area contributed by atoms with Crippen molar-refractivity contribution in [3.63, 3.8) is 0 Å². The zero-order chi connectivity index (χ0) is 24.8. The van der Waals surface area contributed by atoms with Gasteiger partial charge in [0.1, 0.15) is 11.5 Å². The van der Waals surface area contributed by atoms with Crippen molar-refractivity contribution in [2.75, 3.05) is 13.2 Å². The highest BCUT2D eigenvalue weighted by atomic mass is 16.5. The van der Waals surface area contributed by atoms with Crippen LogP contribution in [0.15, 0.2) is 97.5 Å². The highest BCUT2D eigenvalue weighted by Gasteiger charge is 2.02. The SMILES string of the molecule is C=C(C)C(=O)OC=CCCOc1ccc(-c2ccc(OCCC=COC(=O)C(=C)C)cc2)cc1. The van der Waals surface area contributed by atoms with Gasteiger partial charge in [0.05, 0.1) is 25.7 Å². The summed E-state index contributed by atoms with van der Waals surface area (Å²) in [5.74, 6) is 0.641. The Hall–Kier alpha value is -4.06. The Labute approximate surface area is 200 Å². The van der Waals surface area contributed by atoms with Crippen molar-refractivity contribution in [3.8, 4) is 22.6 Å². The molecule has 0 spiro atoms. The lowest BCUT2D eigenvalue weighted by atomic mass is 10.1. The summed E-state index contributed by atoms with van der Waals surface area (Å²) >= 11 is 0. The predicted octanol–water partition coefficient (Wildman–Crippen LogP) is 6.16. The first-order valence-electron chi connectivity index (χ1n) is 10.9. The second-order valence-electron chi connectivity index (χ2n) is 7.44. The first-order chi connectivity index (χ1) is 16.4. The Morgan fingerprint density at radius 1 is 0.676 bits per heavy atom. The fourth-order valence-electron chi connectivity index (χ4n) is 2.53. The summed E-state index contributed by atoms with van der Waals surface area (Å²) in [7, 11) is 0. The van der Waals surface area contributed by atoms with Crippen molar-refractivity contribution in [2.24, 2.45) is 0 Å². The minimum atomic E-state index is -0.441. The van der Waals surface area contributed by atoms with Crippen LogP contribution in [0, 0.1) is 0 Å². The van der Waals surface area contributed by atoms with Crippen LogP contribution in [0.5, 0.6) is 11.5 Å². The number of carbonyl (C=O) groups excluding carboxylic acids is 2. The average molecular weight is 463 g/mol. The van der Waals surface area contributed by atoms with E-state index in [9.17, 15) is 9.59 Å². The summed E-state index contributed by atoms with van der Waals surface area (Å²) in [5, 5.41) is 0. The molecule has 0 amide bonds. The van der Waals surface area contributed by atoms with Gasteiger partial charge in [-0.15, -0.1) is 0 Å². The van der Waals surface area contributed by atoms with Gasteiger partial charge in [-0.25, -0.2) is 9.59 Å². The van der Waals surface area contributed by atoms with Gasteiger partial charge in [0.25, 0.3) is 0 Å². The molecule has 34 heavy (non-hydrogen) atoms. The third kappa shape index (κ3) is 9.61. The summed E-state index contributed by atoms with van der Waals surface area (Å²) in [5.41, 5.74) is 2.84.